The van der Waals surface area contributed by atoms with Crippen LogP contribution < -0.4 is 5.73 Å². The first-order valence-electron chi connectivity index (χ1n) is 4.54. The van der Waals surface area contributed by atoms with Crippen molar-refractivity contribution in [2.45, 2.75) is 6.30 Å². The Morgan fingerprint density at radius 1 is 1.53 bits per heavy atom. The van der Waals surface area contributed by atoms with E-state index < -0.39 is 6.30 Å². The van der Waals surface area contributed by atoms with Crippen molar-refractivity contribution in [1.29, 1.82) is 10.5 Å². The third kappa shape index (κ3) is 3.10. The molecule has 0 saturated carbocycles. The molecule has 2 N–H and O–H groups in total. The van der Waals surface area contributed by atoms with Gasteiger partial charge >= 0.3 is 0 Å². The number of rotatable bonds is 2. The summed E-state index contributed by atoms with van der Waals surface area (Å²) in [5.41, 5.74) is 5.01. The van der Waals surface area contributed by atoms with Crippen LogP contribution >= 0.6 is 11.6 Å². The van der Waals surface area contributed by atoms with E-state index >= 15 is 0 Å². The Labute approximate surface area is 103 Å². The van der Waals surface area contributed by atoms with Gasteiger partial charge in [0.05, 0.1) is 5.57 Å². The van der Waals surface area contributed by atoms with Crippen molar-refractivity contribution in [2.24, 2.45) is 5.73 Å². The Morgan fingerprint density at radius 2 is 2.24 bits per heavy atom. The number of nitriles is 2. The molecule has 1 rings (SSSR count). The highest BCUT2D eigenvalue weighted by Gasteiger charge is 2.16. The van der Waals surface area contributed by atoms with Gasteiger partial charge in [-0.15, -0.1) is 0 Å². The van der Waals surface area contributed by atoms with Crippen molar-refractivity contribution >= 4 is 11.6 Å². The summed E-state index contributed by atoms with van der Waals surface area (Å²) >= 11 is 5.77. The first-order valence-corrected chi connectivity index (χ1v) is 4.92. The largest absolute Gasteiger partial charge is 0.389 e. The van der Waals surface area contributed by atoms with Gasteiger partial charge in [-0.2, -0.15) is 10.5 Å². The maximum atomic E-state index is 13.4. The van der Waals surface area contributed by atoms with E-state index in [0.717, 1.165) is 4.90 Å². The van der Waals surface area contributed by atoms with Crippen LogP contribution in [0.25, 0.3) is 0 Å². The maximum Gasteiger partial charge on any atom is 0.196 e. The molecule has 0 aromatic rings. The van der Waals surface area contributed by atoms with Crippen molar-refractivity contribution in [2.75, 3.05) is 0 Å². The fourth-order valence-corrected chi connectivity index (χ4v) is 1.30. The van der Waals surface area contributed by atoms with Crippen LogP contribution in [0.3, 0.4) is 0 Å². The van der Waals surface area contributed by atoms with Gasteiger partial charge in [0.1, 0.15) is 23.0 Å². The number of alkyl halides is 1. The normalized spacial score (nSPS) is 20.6. The van der Waals surface area contributed by atoms with Gasteiger partial charge in [0.2, 0.25) is 0 Å². The topological polar surface area (TPSA) is 76.8 Å². The summed E-state index contributed by atoms with van der Waals surface area (Å²) in [6.07, 6.45) is 5.37. The second-order valence-electron chi connectivity index (χ2n) is 3.02. The fourth-order valence-electron chi connectivity index (χ4n) is 1.08. The lowest BCUT2D eigenvalue weighted by Crippen LogP contribution is -2.24. The summed E-state index contributed by atoms with van der Waals surface area (Å²) in [6, 6.07) is 3.37. The molecule has 1 atom stereocenters. The van der Waals surface area contributed by atoms with Crippen LogP contribution in [-0.2, 0) is 0 Å². The van der Waals surface area contributed by atoms with E-state index in [2.05, 4.69) is 0 Å². The van der Waals surface area contributed by atoms with E-state index in [1.807, 2.05) is 0 Å². The third-order valence-electron chi connectivity index (χ3n) is 1.95. The van der Waals surface area contributed by atoms with Crippen molar-refractivity contribution in [3.63, 3.8) is 0 Å². The highest BCUT2D eigenvalue weighted by molar-refractivity contribution is 6.29. The van der Waals surface area contributed by atoms with Crippen LogP contribution in [0.4, 0.5) is 4.39 Å². The Hall–Kier alpha value is -2.24. The molecule has 86 valence electrons. The second-order valence-corrected chi connectivity index (χ2v) is 3.41. The molecule has 0 radical (unpaired) electrons. The van der Waals surface area contributed by atoms with Crippen LogP contribution in [0.1, 0.15) is 0 Å². The molecule has 1 aliphatic heterocycles. The molecule has 0 aromatic heterocycles. The lowest BCUT2D eigenvalue weighted by Gasteiger charge is -2.23. The molecular weight excluding hydrogens is 243 g/mol. The van der Waals surface area contributed by atoms with Crippen molar-refractivity contribution in [3.05, 3.63) is 46.9 Å². The molecule has 1 heterocycles. The zero-order chi connectivity index (χ0) is 12.8. The van der Waals surface area contributed by atoms with E-state index in [4.69, 9.17) is 27.9 Å². The zero-order valence-corrected chi connectivity index (χ0v) is 9.39. The Bertz CT molecular complexity index is 505. The van der Waals surface area contributed by atoms with E-state index in [-0.39, 0.29) is 16.4 Å². The molecule has 0 saturated heterocycles. The van der Waals surface area contributed by atoms with Gasteiger partial charge < -0.3 is 10.6 Å². The lowest BCUT2D eigenvalue weighted by molar-refractivity contribution is 0.224. The highest BCUT2D eigenvalue weighted by Crippen LogP contribution is 2.21. The number of nitrogens with zero attached hydrogens (tertiary/aromatic N) is 3. The number of halogens is 2. The number of allylic oxidation sites excluding steroid dienone is 5. The predicted molar refractivity (Wildman–Crippen MR) is 61.4 cm³/mol. The Balaban J connectivity index is 2.93. The van der Waals surface area contributed by atoms with Crippen LogP contribution in [0.15, 0.2) is 46.9 Å². The first kappa shape index (κ1) is 12.8. The minimum absolute atomic E-state index is 0.0429. The molecule has 0 amide bonds. The number of nitrogens with two attached hydrogens (primary N) is 1. The molecule has 0 aliphatic carbocycles. The lowest BCUT2D eigenvalue weighted by atomic mass is 10.2. The maximum absolute atomic E-state index is 13.4. The van der Waals surface area contributed by atoms with Gasteiger partial charge in [-0.1, -0.05) is 17.7 Å². The average molecular weight is 251 g/mol. The fraction of sp³-hybridized carbons (Fsp3) is 0.0909. The summed E-state index contributed by atoms with van der Waals surface area (Å²) in [5, 5.41) is 17.4. The number of hydrogen-bond donors (Lipinski definition) is 1. The minimum atomic E-state index is -1.41. The Morgan fingerprint density at radius 3 is 2.76 bits per heavy atom. The van der Waals surface area contributed by atoms with E-state index in [0.29, 0.717) is 0 Å². The van der Waals surface area contributed by atoms with Crippen LogP contribution in [0, 0.1) is 22.7 Å². The Kier molecular flexibility index (Phi) is 4.33. The number of hydrogen-bond acceptors (Lipinski definition) is 4. The summed E-state index contributed by atoms with van der Waals surface area (Å²) in [6.45, 7) is 0. The van der Waals surface area contributed by atoms with Crippen LogP contribution in [0.2, 0.25) is 0 Å². The third-order valence-corrected chi connectivity index (χ3v) is 2.27. The van der Waals surface area contributed by atoms with Gasteiger partial charge in [-0.05, 0) is 18.2 Å². The first-order chi connectivity index (χ1) is 8.10. The standard InChI is InChI=1S/C11H8ClFN4/c12-10-2-1-3-11(13)17(10)5-4-8(6-14)9(16)7-15/h1-5,11H,16H2/b5-4+,9-8-. The molecular formula is C11H8ClFN4. The molecule has 0 fully saturated rings. The molecule has 0 bridgehead atoms. The van der Waals surface area contributed by atoms with E-state index in [1.165, 1.54) is 30.5 Å². The summed E-state index contributed by atoms with van der Waals surface area (Å²) in [7, 11) is 0. The minimum Gasteiger partial charge on any atom is -0.389 e. The van der Waals surface area contributed by atoms with Crippen molar-refractivity contribution < 1.29 is 4.39 Å². The summed E-state index contributed by atoms with van der Waals surface area (Å²) < 4.78 is 13.4. The molecule has 1 aliphatic rings. The predicted octanol–water partition coefficient (Wildman–Crippen LogP) is 2.01. The SMILES string of the molecule is N#C/C(N)=C(C#N)\C=C\N1C(Cl)=CC=CC1F. The van der Waals surface area contributed by atoms with Crippen molar-refractivity contribution in [3.8, 4) is 12.1 Å². The highest BCUT2D eigenvalue weighted by atomic mass is 35.5. The van der Waals surface area contributed by atoms with Gasteiger partial charge in [-0.25, -0.2) is 4.39 Å². The van der Waals surface area contributed by atoms with Crippen molar-refractivity contribution in [1.82, 2.24) is 4.90 Å². The van der Waals surface area contributed by atoms with Gasteiger partial charge in [0.25, 0.3) is 0 Å². The molecule has 0 spiro atoms. The van der Waals surface area contributed by atoms with Gasteiger partial charge in [-0.3, -0.25) is 0 Å². The smallest absolute Gasteiger partial charge is 0.196 e. The van der Waals surface area contributed by atoms with E-state index in [9.17, 15) is 4.39 Å². The van der Waals surface area contributed by atoms with Crippen LogP contribution in [0.5, 0.6) is 0 Å². The van der Waals surface area contributed by atoms with E-state index in [1.54, 1.807) is 12.1 Å². The molecule has 1 unspecified atom stereocenters. The van der Waals surface area contributed by atoms with Gasteiger partial charge in [0.15, 0.2) is 6.30 Å². The second kappa shape index (κ2) is 5.74. The zero-order valence-electron chi connectivity index (χ0n) is 8.64. The molecule has 4 nitrogen and oxygen atoms in total. The van der Waals surface area contributed by atoms with Gasteiger partial charge in [0, 0.05) is 6.20 Å². The molecule has 0 aromatic carbocycles. The average Bonchev–Trinajstić information content (AvgIpc) is 2.32. The summed E-state index contributed by atoms with van der Waals surface area (Å²) in [4.78, 5) is 1.10. The quantitative estimate of drug-likeness (QED) is 0.462. The monoisotopic (exact) mass is 250 g/mol. The summed E-state index contributed by atoms with van der Waals surface area (Å²) in [5.74, 6) is 0. The van der Waals surface area contributed by atoms with Crippen LogP contribution in [-0.4, -0.2) is 11.2 Å². The molecule has 17 heavy (non-hydrogen) atoms. The molecule has 6 heteroatoms.